The number of likely N-dealkylation sites (N-methyl/N-ethyl adjacent to an activating group) is 1. The molecule has 1 N–H and O–H groups in total. The second kappa shape index (κ2) is 5.50. The van der Waals surface area contributed by atoms with E-state index in [4.69, 9.17) is 4.74 Å². The summed E-state index contributed by atoms with van der Waals surface area (Å²) in [5, 5.41) is 13.3. The summed E-state index contributed by atoms with van der Waals surface area (Å²) >= 11 is 1.53. The Kier molecular flexibility index (Phi) is 4.19. The minimum absolute atomic E-state index is 0.00189. The molecule has 0 bridgehead atoms. The zero-order valence-electron chi connectivity index (χ0n) is 11.6. The Morgan fingerprint density at radius 3 is 2.72 bits per heavy atom. The Bertz CT molecular complexity index is 387. The molecular formula is C12H22N4OS. The van der Waals surface area contributed by atoms with E-state index in [-0.39, 0.29) is 5.54 Å². The van der Waals surface area contributed by atoms with Gasteiger partial charge < -0.3 is 15.0 Å². The maximum atomic E-state index is 5.71. The van der Waals surface area contributed by atoms with Crippen LogP contribution in [-0.2, 0) is 6.54 Å². The molecule has 1 fully saturated rings. The fourth-order valence-corrected chi connectivity index (χ4v) is 1.89. The molecule has 0 saturated heterocycles. The van der Waals surface area contributed by atoms with Crippen molar-refractivity contribution in [2.24, 2.45) is 0 Å². The third kappa shape index (κ3) is 3.90. The first-order valence-corrected chi connectivity index (χ1v) is 7.15. The van der Waals surface area contributed by atoms with Gasteiger partial charge in [0, 0.05) is 11.6 Å². The standard InChI is InChI=1S/C12H22N4OS/c1-12(2,16(3)4)8-17-11-15-14-10(18-11)7-13-9-5-6-9/h9,13H,5-8H2,1-4H3. The molecule has 0 aromatic carbocycles. The Morgan fingerprint density at radius 1 is 1.39 bits per heavy atom. The fraction of sp³-hybridized carbons (Fsp3) is 0.833. The first kappa shape index (κ1) is 13.7. The molecule has 0 aliphatic heterocycles. The van der Waals surface area contributed by atoms with Gasteiger partial charge >= 0.3 is 0 Å². The van der Waals surface area contributed by atoms with E-state index < -0.39 is 0 Å². The highest BCUT2D eigenvalue weighted by Gasteiger charge is 2.23. The number of rotatable bonds is 7. The van der Waals surface area contributed by atoms with Crippen LogP contribution in [0.25, 0.3) is 0 Å². The second-order valence-corrected chi connectivity index (χ2v) is 6.64. The van der Waals surface area contributed by atoms with Crippen molar-refractivity contribution in [1.29, 1.82) is 0 Å². The number of nitrogens with zero attached hydrogens (tertiary/aromatic N) is 3. The van der Waals surface area contributed by atoms with Gasteiger partial charge in [-0.2, -0.15) is 0 Å². The highest BCUT2D eigenvalue weighted by Crippen LogP contribution is 2.23. The molecule has 5 nitrogen and oxygen atoms in total. The highest BCUT2D eigenvalue weighted by atomic mass is 32.1. The van der Waals surface area contributed by atoms with Gasteiger partial charge in [-0.15, -0.1) is 10.2 Å². The summed E-state index contributed by atoms with van der Waals surface area (Å²) in [5.41, 5.74) is -0.00189. The van der Waals surface area contributed by atoms with Gasteiger partial charge in [-0.25, -0.2) is 0 Å². The first-order chi connectivity index (χ1) is 8.47. The molecule has 1 aliphatic rings. The summed E-state index contributed by atoms with van der Waals surface area (Å²) in [7, 11) is 4.10. The van der Waals surface area contributed by atoms with E-state index in [1.807, 2.05) is 0 Å². The predicted octanol–water partition coefficient (Wildman–Crippen LogP) is 1.51. The van der Waals surface area contributed by atoms with Crippen molar-refractivity contribution in [2.45, 2.75) is 44.8 Å². The number of hydrogen-bond acceptors (Lipinski definition) is 6. The molecule has 0 radical (unpaired) electrons. The summed E-state index contributed by atoms with van der Waals surface area (Å²) in [6.45, 7) is 5.71. The Hall–Kier alpha value is -0.720. The lowest BCUT2D eigenvalue weighted by molar-refractivity contribution is 0.113. The zero-order valence-corrected chi connectivity index (χ0v) is 12.4. The lowest BCUT2D eigenvalue weighted by Gasteiger charge is -2.31. The summed E-state index contributed by atoms with van der Waals surface area (Å²) in [5.74, 6) is 0. The van der Waals surface area contributed by atoms with Crippen molar-refractivity contribution in [3.63, 3.8) is 0 Å². The van der Waals surface area contributed by atoms with Gasteiger partial charge in [0.05, 0.1) is 6.54 Å². The third-order valence-corrected chi connectivity index (χ3v) is 4.16. The SMILES string of the molecule is CN(C)C(C)(C)COc1nnc(CNC2CC2)s1. The Balaban J connectivity index is 1.78. The van der Waals surface area contributed by atoms with Crippen LogP contribution in [0.15, 0.2) is 0 Å². The van der Waals surface area contributed by atoms with E-state index in [1.165, 1.54) is 24.2 Å². The Morgan fingerprint density at radius 2 is 2.11 bits per heavy atom. The lowest BCUT2D eigenvalue weighted by atomic mass is 10.1. The van der Waals surface area contributed by atoms with Crippen LogP contribution in [0.4, 0.5) is 0 Å². The van der Waals surface area contributed by atoms with Gasteiger partial charge in [0.25, 0.3) is 5.19 Å². The fourth-order valence-electron chi connectivity index (χ4n) is 1.25. The molecule has 1 saturated carbocycles. The monoisotopic (exact) mass is 270 g/mol. The van der Waals surface area contributed by atoms with Gasteiger partial charge in [0.1, 0.15) is 11.6 Å². The van der Waals surface area contributed by atoms with E-state index in [1.54, 1.807) is 0 Å². The molecule has 0 atom stereocenters. The first-order valence-electron chi connectivity index (χ1n) is 6.33. The van der Waals surface area contributed by atoms with Crippen LogP contribution < -0.4 is 10.1 Å². The summed E-state index contributed by atoms with van der Waals surface area (Å²) < 4.78 is 5.71. The number of aromatic nitrogens is 2. The predicted molar refractivity (Wildman–Crippen MR) is 73.0 cm³/mol. The average Bonchev–Trinajstić information content (AvgIpc) is 3.03. The van der Waals surface area contributed by atoms with Crippen molar-refractivity contribution >= 4 is 11.3 Å². The van der Waals surface area contributed by atoms with Crippen molar-refractivity contribution in [1.82, 2.24) is 20.4 Å². The second-order valence-electron chi connectivity index (χ2n) is 5.61. The van der Waals surface area contributed by atoms with E-state index in [0.29, 0.717) is 17.8 Å². The topological polar surface area (TPSA) is 50.3 Å². The zero-order chi connectivity index (χ0) is 13.2. The van der Waals surface area contributed by atoms with Crippen LogP contribution in [0.2, 0.25) is 0 Å². The molecular weight excluding hydrogens is 248 g/mol. The quantitative estimate of drug-likeness (QED) is 0.814. The van der Waals surface area contributed by atoms with E-state index >= 15 is 0 Å². The van der Waals surface area contributed by atoms with Gasteiger partial charge in [0.2, 0.25) is 0 Å². The Labute approximate surface area is 113 Å². The molecule has 1 aliphatic carbocycles. The van der Waals surface area contributed by atoms with Crippen molar-refractivity contribution in [2.75, 3.05) is 20.7 Å². The number of nitrogens with one attached hydrogen (secondary N) is 1. The van der Waals surface area contributed by atoms with Crippen LogP contribution in [-0.4, -0.2) is 47.4 Å². The molecule has 0 amide bonds. The summed E-state index contributed by atoms with van der Waals surface area (Å²) in [6, 6.07) is 0.700. The number of hydrogen-bond donors (Lipinski definition) is 1. The molecule has 0 unspecified atom stereocenters. The van der Waals surface area contributed by atoms with Crippen molar-refractivity contribution in [3.05, 3.63) is 5.01 Å². The summed E-state index contributed by atoms with van der Waals surface area (Å²) in [4.78, 5) is 2.14. The average molecular weight is 270 g/mol. The van der Waals surface area contributed by atoms with E-state index in [0.717, 1.165) is 11.6 Å². The summed E-state index contributed by atoms with van der Waals surface area (Å²) in [6.07, 6.45) is 2.58. The van der Waals surface area contributed by atoms with Crippen LogP contribution in [0.1, 0.15) is 31.7 Å². The normalized spacial score (nSPS) is 16.3. The number of ether oxygens (including phenoxy) is 1. The van der Waals surface area contributed by atoms with Crippen LogP contribution >= 0.6 is 11.3 Å². The third-order valence-electron chi connectivity index (χ3n) is 3.33. The molecule has 1 aromatic heterocycles. The van der Waals surface area contributed by atoms with Gasteiger partial charge in [-0.05, 0) is 40.8 Å². The van der Waals surface area contributed by atoms with Crippen molar-refractivity contribution in [3.8, 4) is 5.19 Å². The van der Waals surface area contributed by atoms with Crippen LogP contribution in [0.5, 0.6) is 5.19 Å². The maximum Gasteiger partial charge on any atom is 0.294 e. The van der Waals surface area contributed by atoms with Crippen LogP contribution in [0.3, 0.4) is 0 Å². The minimum Gasteiger partial charge on any atom is -0.467 e. The molecule has 2 rings (SSSR count). The van der Waals surface area contributed by atoms with Crippen LogP contribution in [0, 0.1) is 0 Å². The molecule has 6 heteroatoms. The largest absolute Gasteiger partial charge is 0.467 e. The molecule has 102 valence electrons. The van der Waals surface area contributed by atoms with Gasteiger partial charge in [0.15, 0.2) is 0 Å². The molecule has 18 heavy (non-hydrogen) atoms. The van der Waals surface area contributed by atoms with Gasteiger partial charge in [-0.3, -0.25) is 0 Å². The van der Waals surface area contributed by atoms with Gasteiger partial charge in [-0.1, -0.05) is 11.3 Å². The smallest absolute Gasteiger partial charge is 0.294 e. The van der Waals surface area contributed by atoms with E-state index in [9.17, 15) is 0 Å². The molecule has 1 aromatic rings. The molecule has 1 heterocycles. The highest BCUT2D eigenvalue weighted by molar-refractivity contribution is 7.13. The molecule has 0 spiro atoms. The van der Waals surface area contributed by atoms with E-state index in [2.05, 4.69) is 48.4 Å². The maximum absolute atomic E-state index is 5.71. The van der Waals surface area contributed by atoms with Crippen molar-refractivity contribution < 1.29 is 4.74 Å². The minimum atomic E-state index is -0.00189. The lowest BCUT2D eigenvalue weighted by Crippen LogP contribution is -2.43.